The van der Waals surface area contributed by atoms with Crippen molar-refractivity contribution >= 4 is 33.0 Å². The number of carbonyl (C=O) groups is 1. The standard InChI is InChI=1S/C18H17N3O3S2/c1-13(21-26(23,24)16-8-3-2-4-9-16)17(22)20-15-7-5-6-14(12-15)18-19-10-11-25-18/h2-13,21H,1H3,(H,20,22)/t13-/m0/s1. The van der Waals surface area contributed by atoms with Crippen molar-refractivity contribution in [3.63, 3.8) is 0 Å². The first-order valence-corrected chi connectivity index (χ1v) is 10.2. The Balaban J connectivity index is 1.69. The number of anilines is 1. The van der Waals surface area contributed by atoms with E-state index in [9.17, 15) is 13.2 Å². The molecule has 134 valence electrons. The smallest absolute Gasteiger partial charge is 0.242 e. The number of rotatable bonds is 6. The maximum atomic E-state index is 12.4. The van der Waals surface area contributed by atoms with E-state index in [1.807, 2.05) is 17.5 Å². The van der Waals surface area contributed by atoms with Crippen LogP contribution in [0.4, 0.5) is 5.69 Å². The number of aromatic nitrogens is 1. The van der Waals surface area contributed by atoms with Crippen LogP contribution in [0.25, 0.3) is 10.6 Å². The Morgan fingerprint density at radius 3 is 2.58 bits per heavy atom. The van der Waals surface area contributed by atoms with Crippen molar-refractivity contribution in [2.24, 2.45) is 0 Å². The Morgan fingerprint density at radius 1 is 1.12 bits per heavy atom. The van der Waals surface area contributed by atoms with Crippen LogP contribution in [0.3, 0.4) is 0 Å². The molecule has 0 aliphatic carbocycles. The monoisotopic (exact) mass is 387 g/mol. The van der Waals surface area contributed by atoms with Gasteiger partial charge in [0.2, 0.25) is 15.9 Å². The molecule has 3 aromatic rings. The van der Waals surface area contributed by atoms with E-state index in [1.54, 1.807) is 36.5 Å². The van der Waals surface area contributed by atoms with Crippen molar-refractivity contribution in [2.45, 2.75) is 17.9 Å². The molecule has 0 aliphatic rings. The van der Waals surface area contributed by atoms with E-state index in [-0.39, 0.29) is 4.90 Å². The summed E-state index contributed by atoms with van der Waals surface area (Å²) in [5.41, 5.74) is 1.46. The maximum absolute atomic E-state index is 12.4. The molecule has 1 heterocycles. The van der Waals surface area contributed by atoms with Gasteiger partial charge in [0.15, 0.2) is 0 Å². The van der Waals surface area contributed by atoms with E-state index in [1.165, 1.54) is 30.4 Å². The Morgan fingerprint density at radius 2 is 1.88 bits per heavy atom. The average Bonchev–Trinajstić information content (AvgIpc) is 3.17. The second-order valence-corrected chi connectivity index (χ2v) is 8.17. The SMILES string of the molecule is C[C@H](NS(=O)(=O)c1ccccc1)C(=O)Nc1cccc(-c2nccs2)c1. The molecule has 0 aliphatic heterocycles. The molecule has 0 unspecified atom stereocenters. The van der Waals surface area contributed by atoms with Crippen LogP contribution in [0.1, 0.15) is 6.92 Å². The van der Waals surface area contributed by atoms with Crippen LogP contribution >= 0.6 is 11.3 Å². The first-order valence-electron chi connectivity index (χ1n) is 7.84. The Labute approximate surface area is 156 Å². The fourth-order valence-electron chi connectivity index (χ4n) is 2.30. The number of thiazole rings is 1. The van der Waals surface area contributed by atoms with Gasteiger partial charge in [-0.1, -0.05) is 30.3 Å². The number of carbonyl (C=O) groups excluding carboxylic acids is 1. The number of nitrogens with zero attached hydrogens (tertiary/aromatic N) is 1. The lowest BCUT2D eigenvalue weighted by atomic mass is 10.2. The topological polar surface area (TPSA) is 88.2 Å². The van der Waals surface area contributed by atoms with Crippen molar-refractivity contribution in [1.29, 1.82) is 0 Å². The lowest BCUT2D eigenvalue weighted by Gasteiger charge is -2.15. The summed E-state index contributed by atoms with van der Waals surface area (Å²) in [6.07, 6.45) is 1.71. The fraction of sp³-hybridized carbons (Fsp3) is 0.111. The van der Waals surface area contributed by atoms with Crippen molar-refractivity contribution in [3.8, 4) is 10.6 Å². The number of amides is 1. The van der Waals surface area contributed by atoms with E-state index < -0.39 is 22.0 Å². The molecule has 1 amide bonds. The highest BCUT2D eigenvalue weighted by Crippen LogP contribution is 2.24. The van der Waals surface area contributed by atoms with Crippen LogP contribution in [-0.4, -0.2) is 25.4 Å². The summed E-state index contributed by atoms with van der Waals surface area (Å²) in [4.78, 5) is 16.7. The molecule has 0 saturated heterocycles. The third kappa shape index (κ3) is 4.34. The highest BCUT2D eigenvalue weighted by molar-refractivity contribution is 7.89. The van der Waals surface area contributed by atoms with Gasteiger partial charge in [-0.2, -0.15) is 4.72 Å². The molecule has 1 aromatic heterocycles. The second kappa shape index (κ2) is 7.77. The van der Waals surface area contributed by atoms with Gasteiger partial charge >= 0.3 is 0 Å². The van der Waals surface area contributed by atoms with Gasteiger partial charge in [-0.05, 0) is 31.2 Å². The number of hydrogen-bond donors (Lipinski definition) is 2. The summed E-state index contributed by atoms with van der Waals surface area (Å²) in [7, 11) is -3.76. The third-order valence-electron chi connectivity index (χ3n) is 3.59. The Kier molecular flexibility index (Phi) is 5.46. The molecule has 8 heteroatoms. The first-order chi connectivity index (χ1) is 12.5. The predicted octanol–water partition coefficient (Wildman–Crippen LogP) is 3.12. The minimum atomic E-state index is -3.76. The summed E-state index contributed by atoms with van der Waals surface area (Å²) >= 11 is 1.50. The molecule has 2 N–H and O–H groups in total. The van der Waals surface area contributed by atoms with E-state index in [2.05, 4.69) is 15.0 Å². The van der Waals surface area contributed by atoms with Crippen molar-refractivity contribution in [3.05, 3.63) is 66.2 Å². The minimum absolute atomic E-state index is 0.116. The molecular weight excluding hydrogens is 370 g/mol. The van der Waals surface area contributed by atoms with Gasteiger partial charge in [0.05, 0.1) is 10.9 Å². The van der Waals surface area contributed by atoms with Crippen LogP contribution in [0, 0.1) is 0 Å². The molecule has 0 spiro atoms. The molecule has 0 saturated carbocycles. The lowest BCUT2D eigenvalue weighted by molar-refractivity contribution is -0.117. The van der Waals surface area contributed by atoms with Gasteiger partial charge in [0.25, 0.3) is 0 Å². The van der Waals surface area contributed by atoms with E-state index >= 15 is 0 Å². The Bertz CT molecular complexity index is 988. The zero-order valence-corrected chi connectivity index (χ0v) is 15.5. The van der Waals surface area contributed by atoms with Crippen molar-refractivity contribution in [1.82, 2.24) is 9.71 Å². The Hall–Kier alpha value is -2.55. The van der Waals surface area contributed by atoms with Crippen LogP contribution in [0.2, 0.25) is 0 Å². The van der Waals surface area contributed by atoms with Crippen LogP contribution in [0.5, 0.6) is 0 Å². The summed E-state index contributed by atoms with van der Waals surface area (Å²) < 4.78 is 27.0. The van der Waals surface area contributed by atoms with Crippen LogP contribution in [-0.2, 0) is 14.8 Å². The quantitative estimate of drug-likeness (QED) is 0.680. The van der Waals surface area contributed by atoms with Crippen LogP contribution in [0.15, 0.2) is 71.1 Å². The fourth-order valence-corrected chi connectivity index (χ4v) is 4.16. The molecule has 6 nitrogen and oxygen atoms in total. The van der Waals surface area contributed by atoms with Gasteiger partial charge in [-0.25, -0.2) is 13.4 Å². The highest BCUT2D eigenvalue weighted by atomic mass is 32.2. The largest absolute Gasteiger partial charge is 0.325 e. The van der Waals surface area contributed by atoms with Crippen molar-refractivity contribution in [2.75, 3.05) is 5.32 Å². The molecule has 0 fully saturated rings. The van der Waals surface area contributed by atoms with Gasteiger partial charge < -0.3 is 5.32 Å². The summed E-state index contributed by atoms with van der Waals surface area (Å²) in [6.45, 7) is 1.50. The average molecular weight is 387 g/mol. The molecule has 1 atom stereocenters. The second-order valence-electron chi connectivity index (χ2n) is 5.56. The number of benzene rings is 2. The predicted molar refractivity (Wildman–Crippen MR) is 102 cm³/mol. The normalized spacial score (nSPS) is 12.5. The van der Waals surface area contributed by atoms with Gasteiger partial charge in [-0.3, -0.25) is 4.79 Å². The molecule has 3 rings (SSSR count). The molecule has 0 radical (unpaired) electrons. The van der Waals surface area contributed by atoms with E-state index in [0.29, 0.717) is 5.69 Å². The van der Waals surface area contributed by atoms with Gasteiger partial charge in [0, 0.05) is 22.8 Å². The lowest BCUT2D eigenvalue weighted by Crippen LogP contribution is -2.41. The van der Waals surface area contributed by atoms with E-state index in [4.69, 9.17) is 0 Å². The molecule has 26 heavy (non-hydrogen) atoms. The highest BCUT2D eigenvalue weighted by Gasteiger charge is 2.22. The minimum Gasteiger partial charge on any atom is -0.325 e. The van der Waals surface area contributed by atoms with Crippen molar-refractivity contribution < 1.29 is 13.2 Å². The number of nitrogens with one attached hydrogen (secondary N) is 2. The first kappa shape index (κ1) is 18.2. The maximum Gasteiger partial charge on any atom is 0.242 e. The van der Waals surface area contributed by atoms with Gasteiger partial charge in [0.1, 0.15) is 5.01 Å². The summed E-state index contributed by atoms with van der Waals surface area (Å²) in [6, 6.07) is 14.3. The molecule has 0 bridgehead atoms. The summed E-state index contributed by atoms with van der Waals surface area (Å²) in [5, 5.41) is 5.45. The number of hydrogen-bond acceptors (Lipinski definition) is 5. The third-order valence-corrected chi connectivity index (χ3v) is 5.97. The zero-order valence-electron chi connectivity index (χ0n) is 13.9. The van der Waals surface area contributed by atoms with Gasteiger partial charge in [-0.15, -0.1) is 11.3 Å². The molecular formula is C18H17N3O3S2. The van der Waals surface area contributed by atoms with E-state index in [0.717, 1.165) is 10.6 Å². The molecule has 2 aromatic carbocycles. The van der Waals surface area contributed by atoms with Crippen LogP contribution < -0.4 is 10.0 Å². The summed E-state index contributed by atoms with van der Waals surface area (Å²) in [5.74, 6) is -0.444. The number of sulfonamides is 1. The zero-order chi connectivity index (χ0) is 18.6.